The van der Waals surface area contributed by atoms with E-state index in [1.165, 1.54) is 14.0 Å². The lowest BCUT2D eigenvalue weighted by molar-refractivity contribution is -0.197. The fourth-order valence-corrected chi connectivity index (χ4v) is 10.6. The van der Waals surface area contributed by atoms with E-state index >= 15 is 0 Å². The molecule has 4 fully saturated rings. The number of hydrogen-bond acceptors (Lipinski definition) is 6. The Kier molecular flexibility index (Phi) is 8.04. The van der Waals surface area contributed by atoms with Gasteiger partial charge in [-0.25, -0.2) is 0 Å². The largest absolute Gasteiger partial charge is 0.469 e. The molecule has 3 unspecified atom stereocenters. The van der Waals surface area contributed by atoms with Crippen molar-refractivity contribution in [3.05, 3.63) is 0 Å². The topological polar surface area (TPSA) is 89.9 Å². The molecule has 4 aliphatic carbocycles. The summed E-state index contributed by atoms with van der Waals surface area (Å²) in [5, 5.41) is 12.0. The smallest absolute Gasteiger partial charge is 0.305 e. The predicted octanol–water partition coefficient (Wildman–Crippen LogP) is 5.33. The summed E-state index contributed by atoms with van der Waals surface area (Å²) in [6, 6.07) is 0. The molecular formula is C29H45BrO6. The monoisotopic (exact) mass is 568 g/mol. The van der Waals surface area contributed by atoms with Crippen molar-refractivity contribution in [3.63, 3.8) is 0 Å². The molecule has 0 saturated heterocycles. The first-order valence-electron chi connectivity index (χ1n) is 14.0. The van der Waals surface area contributed by atoms with E-state index in [1.807, 2.05) is 0 Å². The molecule has 4 aliphatic rings. The van der Waals surface area contributed by atoms with Gasteiger partial charge in [-0.2, -0.15) is 0 Å². The highest BCUT2D eigenvalue weighted by Gasteiger charge is 2.70. The number of methoxy groups -OCH3 is 1. The second-order valence-corrected chi connectivity index (χ2v) is 13.7. The van der Waals surface area contributed by atoms with Gasteiger partial charge in [-0.05, 0) is 79.4 Å². The van der Waals surface area contributed by atoms with Crippen molar-refractivity contribution in [1.82, 2.24) is 0 Å². The second-order valence-electron chi connectivity index (χ2n) is 12.7. The van der Waals surface area contributed by atoms with Crippen LogP contribution >= 0.6 is 15.9 Å². The molecule has 0 heterocycles. The van der Waals surface area contributed by atoms with E-state index in [0.717, 1.165) is 38.5 Å². The van der Waals surface area contributed by atoms with Gasteiger partial charge in [-0.1, -0.05) is 43.6 Å². The molecule has 36 heavy (non-hydrogen) atoms. The van der Waals surface area contributed by atoms with Gasteiger partial charge in [-0.15, -0.1) is 0 Å². The Morgan fingerprint density at radius 1 is 1.19 bits per heavy atom. The van der Waals surface area contributed by atoms with E-state index in [1.54, 1.807) is 0 Å². The summed E-state index contributed by atoms with van der Waals surface area (Å²) in [6.45, 7) is 10.4. The Labute approximate surface area is 224 Å². The van der Waals surface area contributed by atoms with Crippen LogP contribution in [0.15, 0.2) is 0 Å². The van der Waals surface area contributed by atoms with Gasteiger partial charge in [0, 0.05) is 35.9 Å². The molecule has 7 heteroatoms. The van der Waals surface area contributed by atoms with Crippen LogP contribution < -0.4 is 0 Å². The van der Waals surface area contributed by atoms with Gasteiger partial charge in [-0.3, -0.25) is 14.4 Å². The summed E-state index contributed by atoms with van der Waals surface area (Å²) in [7, 11) is 1.43. The molecular weight excluding hydrogens is 524 g/mol. The third kappa shape index (κ3) is 4.28. The van der Waals surface area contributed by atoms with Crippen LogP contribution in [0.3, 0.4) is 0 Å². The summed E-state index contributed by atoms with van der Waals surface area (Å²) in [5.41, 5.74) is -0.389. The fraction of sp³-hybridized carbons (Fsp3) is 0.897. The van der Waals surface area contributed by atoms with Crippen molar-refractivity contribution in [2.24, 2.45) is 52.3 Å². The van der Waals surface area contributed by atoms with Crippen LogP contribution in [-0.4, -0.2) is 47.0 Å². The number of halogens is 1. The minimum Gasteiger partial charge on any atom is -0.469 e. The molecule has 0 aromatic carbocycles. The van der Waals surface area contributed by atoms with Crippen LogP contribution in [-0.2, 0) is 23.9 Å². The first kappa shape index (κ1) is 28.1. The number of aliphatic hydroxyl groups is 1. The van der Waals surface area contributed by atoms with Crippen LogP contribution in [0, 0.1) is 52.3 Å². The highest BCUT2D eigenvalue weighted by Crippen LogP contribution is 2.70. The van der Waals surface area contributed by atoms with E-state index in [-0.39, 0.29) is 63.3 Å². The van der Waals surface area contributed by atoms with E-state index in [2.05, 4.69) is 43.6 Å². The summed E-state index contributed by atoms with van der Waals surface area (Å²) in [5.74, 6) is 0.531. The number of ketones is 1. The highest BCUT2D eigenvalue weighted by atomic mass is 79.9. The number of carbonyl (C=O) groups excluding carboxylic acids is 3. The number of alkyl halides is 1. The molecule has 6 nitrogen and oxygen atoms in total. The van der Waals surface area contributed by atoms with Gasteiger partial charge in [0.25, 0.3) is 0 Å². The van der Waals surface area contributed by atoms with Crippen LogP contribution in [0.1, 0.15) is 86.0 Å². The van der Waals surface area contributed by atoms with Gasteiger partial charge in [0.2, 0.25) is 0 Å². The number of ether oxygens (including phenoxy) is 2. The van der Waals surface area contributed by atoms with Gasteiger partial charge in [0.05, 0.1) is 13.2 Å². The van der Waals surface area contributed by atoms with Crippen molar-refractivity contribution in [1.29, 1.82) is 0 Å². The molecule has 204 valence electrons. The zero-order chi connectivity index (χ0) is 26.6. The molecule has 0 aromatic rings. The van der Waals surface area contributed by atoms with E-state index in [4.69, 9.17) is 9.47 Å². The number of hydrogen-bond donors (Lipinski definition) is 1. The average Bonchev–Trinajstić information content (AvgIpc) is 3.19. The quantitative estimate of drug-likeness (QED) is 0.344. The van der Waals surface area contributed by atoms with Crippen molar-refractivity contribution in [2.45, 2.75) is 103 Å². The van der Waals surface area contributed by atoms with Crippen LogP contribution in [0.4, 0.5) is 0 Å². The molecule has 0 radical (unpaired) electrons. The van der Waals surface area contributed by atoms with Crippen LogP contribution in [0.25, 0.3) is 0 Å². The Balaban J connectivity index is 1.67. The van der Waals surface area contributed by atoms with Crippen molar-refractivity contribution in [3.8, 4) is 0 Å². The Bertz CT molecular complexity index is 876. The maximum absolute atomic E-state index is 14.3. The van der Waals surface area contributed by atoms with Crippen LogP contribution in [0.5, 0.6) is 0 Å². The fourth-order valence-electron chi connectivity index (χ4n) is 9.60. The van der Waals surface area contributed by atoms with E-state index < -0.39 is 6.10 Å². The van der Waals surface area contributed by atoms with Gasteiger partial charge in [0.15, 0.2) is 0 Å². The van der Waals surface area contributed by atoms with Crippen LogP contribution in [0.2, 0.25) is 0 Å². The Morgan fingerprint density at radius 2 is 1.89 bits per heavy atom. The standard InChI is InChI=1S/C29H45BrO6/c1-7-18-21-14-17(36-16(3)31)12-13-28(21,4)24-23(25(18)33)20-10-9-19(15(2)8-11-22(32)35-6)29(20,5)27(30)26(24)34/h15,17-21,23-24,26-27,34H,7-14H2,1-6H3/t15?,17-,18-,19-,20+,21+,23+,24-,26?,27?,28+,29-/m1/s1. The maximum Gasteiger partial charge on any atom is 0.305 e. The first-order chi connectivity index (χ1) is 16.9. The van der Waals surface area contributed by atoms with Crippen molar-refractivity contribution < 1.29 is 29.0 Å². The summed E-state index contributed by atoms with van der Waals surface area (Å²) in [6.07, 6.45) is 5.53. The molecule has 0 aliphatic heterocycles. The molecule has 0 spiro atoms. The SMILES string of the molecule is CC[C@H]1C(=O)[C@@H]2[C@H](C(O)C(Br)[C@]3(C)[C@@H](C(C)CCC(=O)OC)CC[C@@H]23)[C@@]2(C)CC[C@@H](OC(C)=O)C[C@@H]12. The zero-order valence-electron chi connectivity index (χ0n) is 22.8. The lowest BCUT2D eigenvalue weighted by atomic mass is 9.41. The molecule has 12 atom stereocenters. The molecule has 4 rings (SSSR count). The first-order valence-corrected chi connectivity index (χ1v) is 14.9. The van der Waals surface area contributed by atoms with Crippen molar-refractivity contribution in [2.75, 3.05) is 7.11 Å². The molecule has 1 N–H and O–H groups in total. The maximum atomic E-state index is 14.3. The summed E-state index contributed by atoms with van der Waals surface area (Å²) >= 11 is 4.00. The highest BCUT2D eigenvalue weighted by molar-refractivity contribution is 9.09. The number of Topliss-reactive ketones (excluding diaryl/α,β-unsaturated/α-hetero) is 1. The summed E-state index contributed by atoms with van der Waals surface area (Å²) in [4.78, 5) is 37.7. The predicted molar refractivity (Wildman–Crippen MR) is 140 cm³/mol. The summed E-state index contributed by atoms with van der Waals surface area (Å²) < 4.78 is 10.5. The number of aliphatic hydroxyl groups excluding tert-OH is 1. The lowest BCUT2D eigenvalue weighted by Crippen LogP contribution is -2.68. The van der Waals surface area contributed by atoms with Crippen molar-refractivity contribution >= 4 is 33.7 Å². The third-order valence-electron chi connectivity index (χ3n) is 11.3. The lowest BCUT2D eigenvalue weighted by Gasteiger charge is -2.65. The Hall–Kier alpha value is -0.950. The number of carbonyl (C=O) groups is 3. The second kappa shape index (κ2) is 10.3. The number of esters is 2. The number of fused-ring (bicyclic) bond motifs is 5. The molecule has 0 aromatic heterocycles. The molecule has 0 bridgehead atoms. The zero-order valence-corrected chi connectivity index (χ0v) is 24.4. The minimum absolute atomic E-state index is 0.0614. The molecule has 4 saturated carbocycles. The van der Waals surface area contributed by atoms with E-state index in [0.29, 0.717) is 30.5 Å². The van der Waals surface area contributed by atoms with Gasteiger partial charge < -0.3 is 14.6 Å². The molecule has 0 amide bonds. The average molecular weight is 570 g/mol. The van der Waals surface area contributed by atoms with Gasteiger partial charge in [0.1, 0.15) is 11.9 Å². The Morgan fingerprint density at radius 3 is 2.50 bits per heavy atom. The normalized spacial score (nSPS) is 46.8. The third-order valence-corrected chi connectivity index (χ3v) is 12.8. The van der Waals surface area contributed by atoms with Gasteiger partial charge >= 0.3 is 11.9 Å². The number of rotatable bonds is 6. The van der Waals surface area contributed by atoms with E-state index in [9.17, 15) is 19.5 Å². The minimum atomic E-state index is -0.621.